The first kappa shape index (κ1) is 17.8. The highest BCUT2D eigenvalue weighted by atomic mass is 32.2. The van der Waals surface area contributed by atoms with Crippen molar-refractivity contribution in [3.63, 3.8) is 0 Å². The predicted octanol–water partition coefficient (Wildman–Crippen LogP) is 2.23. The van der Waals surface area contributed by atoms with E-state index in [0.717, 1.165) is 0 Å². The lowest BCUT2D eigenvalue weighted by molar-refractivity contribution is 0.101. The Labute approximate surface area is 126 Å². The second-order valence-electron chi connectivity index (χ2n) is 5.30. The van der Waals surface area contributed by atoms with Crippen LogP contribution in [0.5, 0.6) is 0 Å². The minimum Gasteiger partial charge on any atom is -0.381 e. The van der Waals surface area contributed by atoms with Gasteiger partial charge in [0, 0.05) is 25.3 Å². The van der Waals surface area contributed by atoms with Gasteiger partial charge in [0.25, 0.3) is 0 Å². The van der Waals surface area contributed by atoms with Crippen molar-refractivity contribution in [2.45, 2.75) is 32.1 Å². The highest BCUT2D eigenvalue weighted by molar-refractivity contribution is 7.89. The van der Waals surface area contributed by atoms with Gasteiger partial charge in [-0.15, -0.1) is 0 Å². The van der Waals surface area contributed by atoms with Crippen molar-refractivity contribution in [3.05, 3.63) is 29.8 Å². The molecule has 1 aromatic rings. The fourth-order valence-corrected chi connectivity index (χ4v) is 2.78. The summed E-state index contributed by atoms with van der Waals surface area (Å²) in [5.41, 5.74) is 0.387. The first-order valence-electron chi connectivity index (χ1n) is 7.01. The minimum atomic E-state index is -3.58. The van der Waals surface area contributed by atoms with Crippen molar-refractivity contribution >= 4 is 15.8 Å². The van der Waals surface area contributed by atoms with Gasteiger partial charge in [-0.25, -0.2) is 13.1 Å². The van der Waals surface area contributed by atoms with E-state index < -0.39 is 10.0 Å². The Bertz CT molecular complexity index is 567. The Hall–Kier alpha value is -1.24. The molecule has 0 bridgehead atoms. The van der Waals surface area contributed by atoms with Gasteiger partial charge in [0.05, 0.1) is 4.90 Å². The Kier molecular flexibility index (Phi) is 7.01. The van der Waals surface area contributed by atoms with E-state index in [1.54, 1.807) is 12.1 Å². The van der Waals surface area contributed by atoms with Crippen LogP contribution in [-0.2, 0) is 14.8 Å². The van der Waals surface area contributed by atoms with Crippen LogP contribution in [0.3, 0.4) is 0 Å². The first-order valence-corrected chi connectivity index (χ1v) is 8.49. The number of ether oxygens (including phenoxy) is 1. The summed E-state index contributed by atoms with van der Waals surface area (Å²) < 4.78 is 32.1. The lowest BCUT2D eigenvalue weighted by Crippen LogP contribution is -2.26. The molecular weight excluding hydrogens is 290 g/mol. The largest absolute Gasteiger partial charge is 0.381 e. The molecule has 0 heterocycles. The molecule has 0 aliphatic carbocycles. The molecule has 0 fully saturated rings. The number of Topliss-reactive ketones (excluding diaryl/α,β-unsaturated/α-hetero) is 1. The SMILES string of the molecule is CC(=O)c1cccc(S(=O)(=O)NCCCOCC(C)C)c1. The molecule has 0 spiro atoms. The van der Waals surface area contributed by atoms with Gasteiger partial charge in [-0.05, 0) is 31.4 Å². The summed E-state index contributed by atoms with van der Waals surface area (Å²) in [4.78, 5) is 11.4. The minimum absolute atomic E-state index is 0.110. The molecule has 6 heteroatoms. The van der Waals surface area contributed by atoms with Crippen molar-refractivity contribution in [2.75, 3.05) is 19.8 Å². The summed E-state index contributed by atoms with van der Waals surface area (Å²) in [7, 11) is -3.58. The topological polar surface area (TPSA) is 72.5 Å². The highest BCUT2D eigenvalue weighted by Crippen LogP contribution is 2.11. The van der Waals surface area contributed by atoms with E-state index >= 15 is 0 Å². The lowest BCUT2D eigenvalue weighted by atomic mass is 10.2. The van der Waals surface area contributed by atoms with Crippen LogP contribution in [0.1, 0.15) is 37.6 Å². The van der Waals surface area contributed by atoms with Gasteiger partial charge in [-0.2, -0.15) is 0 Å². The predicted molar refractivity (Wildman–Crippen MR) is 81.9 cm³/mol. The second kappa shape index (κ2) is 8.26. The Morgan fingerprint density at radius 2 is 2.05 bits per heavy atom. The van der Waals surface area contributed by atoms with Gasteiger partial charge in [0.1, 0.15) is 0 Å². The standard InChI is InChI=1S/C15H23NO4S/c1-12(2)11-20-9-5-8-16-21(18,19)15-7-4-6-14(10-15)13(3)17/h4,6-7,10,12,16H,5,8-9,11H2,1-3H3. The maximum Gasteiger partial charge on any atom is 0.240 e. The number of hydrogen-bond donors (Lipinski definition) is 1. The van der Waals surface area contributed by atoms with Crippen molar-refractivity contribution in [1.29, 1.82) is 0 Å². The van der Waals surface area contributed by atoms with Crippen LogP contribution in [0.2, 0.25) is 0 Å². The van der Waals surface area contributed by atoms with Gasteiger partial charge < -0.3 is 4.74 Å². The van der Waals surface area contributed by atoms with Gasteiger partial charge in [0.2, 0.25) is 10.0 Å². The molecule has 1 N–H and O–H groups in total. The molecule has 0 aromatic heterocycles. The molecule has 0 saturated carbocycles. The van der Waals surface area contributed by atoms with Crippen LogP contribution >= 0.6 is 0 Å². The van der Waals surface area contributed by atoms with Crippen LogP contribution in [0.4, 0.5) is 0 Å². The maximum atomic E-state index is 12.1. The molecular formula is C15H23NO4S. The number of carbonyl (C=O) groups excluding carboxylic acids is 1. The fraction of sp³-hybridized carbons (Fsp3) is 0.533. The molecule has 118 valence electrons. The molecule has 0 amide bonds. The number of ketones is 1. The van der Waals surface area contributed by atoms with E-state index in [1.165, 1.54) is 19.1 Å². The smallest absolute Gasteiger partial charge is 0.240 e. The molecule has 1 rings (SSSR count). The fourth-order valence-electron chi connectivity index (χ4n) is 1.67. The molecule has 0 aliphatic heterocycles. The number of benzene rings is 1. The number of rotatable bonds is 9. The maximum absolute atomic E-state index is 12.1. The summed E-state index contributed by atoms with van der Waals surface area (Å²) in [6.45, 7) is 7.03. The average molecular weight is 313 g/mol. The van der Waals surface area contributed by atoms with Gasteiger partial charge >= 0.3 is 0 Å². The van der Waals surface area contributed by atoms with Crippen LogP contribution in [-0.4, -0.2) is 34.0 Å². The molecule has 1 aromatic carbocycles. The Morgan fingerprint density at radius 3 is 2.67 bits per heavy atom. The van der Waals surface area contributed by atoms with E-state index in [1.807, 2.05) is 0 Å². The van der Waals surface area contributed by atoms with Crippen LogP contribution < -0.4 is 4.72 Å². The normalized spacial score (nSPS) is 11.8. The van der Waals surface area contributed by atoms with Crippen LogP contribution in [0.15, 0.2) is 29.2 Å². The molecule has 0 radical (unpaired) electrons. The van der Waals surface area contributed by atoms with E-state index in [2.05, 4.69) is 18.6 Å². The van der Waals surface area contributed by atoms with Crippen molar-refractivity contribution in [3.8, 4) is 0 Å². The van der Waals surface area contributed by atoms with E-state index in [4.69, 9.17) is 4.74 Å². The molecule has 5 nitrogen and oxygen atoms in total. The zero-order valence-electron chi connectivity index (χ0n) is 12.8. The highest BCUT2D eigenvalue weighted by Gasteiger charge is 2.14. The monoisotopic (exact) mass is 313 g/mol. The van der Waals surface area contributed by atoms with Gasteiger partial charge in [-0.3, -0.25) is 4.79 Å². The number of hydrogen-bond acceptors (Lipinski definition) is 4. The number of carbonyl (C=O) groups is 1. The first-order chi connectivity index (χ1) is 9.83. The zero-order valence-corrected chi connectivity index (χ0v) is 13.6. The third kappa shape index (κ3) is 6.37. The lowest BCUT2D eigenvalue weighted by Gasteiger charge is -2.09. The molecule has 0 aliphatic rings. The van der Waals surface area contributed by atoms with Gasteiger partial charge in [0.15, 0.2) is 5.78 Å². The van der Waals surface area contributed by atoms with Gasteiger partial charge in [-0.1, -0.05) is 26.0 Å². The molecule has 0 unspecified atom stereocenters. The van der Waals surface area contributed by atoms with Crippen molar-refractivity contribution < 1.29 is 17.9 Å². The summed E-state index contributed by atoms with van der Waals surface area (Å²) in [6.07, 6.45) is 0.609. The molecule has 0 atom stereocenters. The second-order valence-corrected chi connectivity index (χ2v) is 7.07. The van der Waals surface area contributed by atoms with E-state index in [0.29, 0.717) is 37.7 Å². The summed E-state index contributed by atoms with van der Waals surface area (Å²) in [6, 6.07) is 6.03. The summed E-state index contributed by atoms with van der Waals surface area (Å²) in [5.74, 6) is 0.310. The third-order valence-corrected chi connectivity index (χ3v) is 4.22. The zero-order chi connectivity index (χ0) is 15.9. The third-order valence-electron chi connectivity index (χ3n) is 2.76. The summed E-state index contributed by atoms with van der Waals surface area (Å²) in [5, 5.41) is 0. The number of nitrogens with one attached hydrogen (secondary N) is 1. The van der Waals surface area contributed by atoms with Crippen molar-refractivity contribution in [1.82, 2.24) is 4.72 Å². The molecule has 0 saturated heterocycles. The Morgan fingerprint density at radius 1 is 1.33 bits per heavy atom. The quantitative estimate of drug-likeness (QED) is 0.560. The average Bonchev–Trinajstić information content (AvgIpc) is 2.42. The molecule has 21 heavy (non-hydrogen) atoms. The van der Waals surface area contributed by atoms with E-state index in [9.17, 15) is 13.2 Å². The summed E-state index contributed by atoms with van der Waals surface area (Å²) >= 11 is 0. The van der Waals surface area contributed by atoms with E-state index in [-0.39, 0.29) is 10.7 Å². The Balaban J connectivity index is 2.50. The van der Waals surface area contributed by atoms with Crippen LogP contribution in [0.25, 0.3) is 0 Å². The van der Waals surface area contributed by atoms with Crippen molar-refractivity contribution in [2.24, 2.45) is 5.92 Å². The number of sulfonamides is 1. The van der Waals surface area contributed by atoms with Crippen LogP contribution in [0, 0.1) is 5.92 Å².